The molecule has 17 heavy (non-hydrogen) atoms. The summed E-state index contributed by atoms with van der Waals surface area (Å²) in [5, 5.41) is 2.87. The molecule has 2 unspecified atom stereocenters. The number of hydrogen-bond donors (Lipinski definition) is 1. The quantitative estimate of drug-likeness (QED) is 0.805. The second-order valence-electron chi connectivity index (χ2n) is 5.10. The number of rotatable bonds is 4. The predicted octanol–water partition coefficient (Wildman–Crippen LogP) is 1.44. The minimum Gasteiger partial charge on any atom is -0.343 e. The molecule has 1 N–H and O–H groups in total. The van der Waals surface area contributed by atoms with Crippen LogP contribution in [-0.4, -0.2) is 34.8 Å². The smallest absolute Gasteiger partial charge is 0.246 e. The van der Waals surface area contributed by atoms with Crippen LogP contribution in [0, 0.1) is 0 Å². The lowest BCUT2D eigenvalue weighted by Crippen LogP contribution is -2.66. The summed E-state index contributed by atoms with van der Waals surface area (Å²) >= 11 is 0. The van der Waals surface area contributed by atoms with E-state index in [0.717, 1.165) is 25.7 Å². The Bertz CT molecular complexity index is 313. The van der Waals surface area contributed by atoms with Gasteiger partial charge in [0.25, 0.3) is 0 Å². The number of piperazine rings is 1. The molecule has 2 aliphatic rings. The molecule has 4 nitrogen and oxygen atoms in total. The van der Waals surface area contributed by atoms with E-state index in [2.05, 4.69) is 5.32 Å². The maximum Gasteiger partial charge on any atom is 0.246 e. The van der Waals surface area contributed by atoms with Crippen LogP contribution >= 0.6 is 0 Å². The van der Waals surface area contributed by atoms with Crippen LogP contribution in [0.25, 0.3) is 0 Å². The van der Waals surface area contributed by atoms with Crippen LogP contribution in [-0.2, 0) is 9.59 Å². The minimum atomic E-state index is -0.282. The zero-order valence-corrected chi connectivity index (χ0v) is 10.7. The van der Waals surface area contributed by atoms with Crippen molar-refractivity contribution in [3.05, 3.63) is 0 Å². The Hall–Kier alpha value is -1.06. The number of nitrogens with zero attached hydrogens (tertiary/aromatic N) is 1. The fourth-order valence-electron chi connectivity index (χ4n) is 2.76. The van der Waals surface area contributed by atoms with Crippen LogP contribution in [0.3, 0.4) is 0 Å². The number of carbonyl (C=O) groups is 2. The van der Waals surface area contributed by atoms with Crippen molar-refractivity contribution in [1.82, 2.24) is 10.2 Å². The number of carbonyl (C=O) groups excluding carboxylic acids is 2. The average molecular weight is 238 g/mol. The Kier molecular flexibility index (Phi) is 3.69. The topological polar surface area (TPSA) is 49.4 Å². The molecular weight excluding hydrogens is 216 g/mol. The second kappa shape index (κ2) is 5.07. The van der Waals surface area contributed by atoms with Gasteiger partial charge in [0.15, 0.2) is 0 Å². The number of amides is 2. The first-order chi connectivity index (χ1) is 8.19. The zero-order chi connectivity index (χ0) is 12.4. The highest BCUT2D eigenvalue weighted by atomic mass is 16.2. The number of nitrogens with one attached hydrogen (secondary N) is 1. The molecule has 96 valence electrons. The molecule has 1 aliphatic heterocycles. The van der Waals surface area contributed by atoms with E-state index in [9.17, 15) is 9.59 Å². The van der Waals surface area contributed by atoms with E-state index in [-0.39, 0.29) is 23.9 Å². The first-order valence-corrected chi connectivity index (χ1v) is 6.81. The molecule has 1 saturated heterocycles. The lowest BCUT2D eigenvalue weighted by molar-refractivity contribution is -0.154. The normalized spacial score (nSPS) is 30.1. The molecule has 2 amide bonds. The number of hydrogen-bond acceptors (Lipinski definition) is 2. The fraction of sp³-hybridized carbons (Fsp3) is 0.846. The van der Waals surface area contributed by atoms with Crippen LogP contribution in [0.4, 0.5) is 0 Å². The molecule has 4 heteroatoms. The summed E-state index contributed by atoms with van der Waals surface area (Å²) in [7, 11) is 0. The molecule has 1 saturated carbocycles. The highest BCUT2D eigenvalue weighted by molar-refractivity contribution is 5.97. The van der Waals surface area contributed by atoms with Crippen molar-refractivity contribution in [3.63, 3.8) is 0 Å². The molecule has 0 aromatic rings. The summed E-state index contributed by atoms with van der Waals surface area (Å²) in [6, 6.07) is -0.199. The minimum absolute atomic E-state index is 0.0393. The van der Waals surface area contributed by atoms with Crippen molar-refractivity contribution in [2.75, 3.05) is 0 Å². The molecule has 0 aromatic heterocycles. The van der Waals surface area contributed by atoms with Gasteiger partial charge in [0.05, 0.1) is 0 Å². The highest BCUT2D eigenvalue weighted by Gasteiger charge is 2.43. The summed E-state index contributed by atoms with van der Waals surface area (Å²) in [6.45, 7) is 4.02. The van der Waals surface area contributed by atoms with Gasteiger partial charge in [-0.2, -0.15) is 0 Å². The molecule has 0 spiro atoms. The van der Waals surface area contributed by atoms with E-state index in [4.69, 9.17) is 0 Å². The van der Waals surface area contributed by atoms with Crippen molar-refractivity contribution in [2.24, 2.45) is 0 Å². The largest absolute Gasteiger partial charge is 0.343 e. The first-order valence-electron chi connectivity index (χ1n) is 6.81. The molecular formula is C13H22N2O2. The van der Waals surface area contributed by atoms with Crippen LogP contribution in [0.2, 0.25) is 0 Å². The molecule has 2 fully saturated rings. The molecule has 0 aromatic carbocycles. The third kappa shape index (κ3) is 2.17. The van der Waals surface area contributed by atoms with Gasteiger partial charge in [-0.1, -0.05) is 20.3 Å². The van der Waals surface area contributed by atoms with E-state index >= 15 is 0 Å². The maximum atomic E-state index is 12.4. The zero-order valence-electron chi connectivity index (χ0n) is 10.7. The van der Waals surface area contributed by atoms with Gasteiger partial charge >= 0.3 is 0 Å². The Morgan fingerprint density at radius 1 is 1.29 bits per heavy atom. The summed E-state index contributed by atoms with van der Waals surface area (Å²) in [6.07, 6.45) is 5.71. The predicted molar refractivity (Wildman–Crippen MR) is 65.4 cm³/mol. The Morgan fingerprint density at radius 2 is 2.00 bits per heavy atom. The van der Waals surface area contributed by atoms with Gasteiger partial charge in [-0.15, -0.1) is 0 Å². The lowest BCUT2D eigenvalue weighted by atomic mass is 9.87. The summed E-state index contributed by atoms with van der Waals surface area (Å²) in [5.74, 6) is 0.181. The van der Waals surface area contributed by atoms with Crippen molar-refractivity contribution in [1.29, 1.82) is 0 Å². The van der Waals surface area contributed by atoms with E-state index < -0.39 is 0 Å². The van der Waals surface area contributed by atoms with Gasteiger partial charge < -0.3 is 10.2 Å². The van der Waals surface area contributed by atoms with E-state index in [1.165, 1.54) is 6.42 Å². The Balaban J connectivity index is 2.15. The third-order valence-corrected chi connectivity index (χ3v) is 3.94. The van der Waals surface area contributed by atoms with E-state index in [1.807, 2.05) is 18.7 Å². The van der Waals surface area contributed by atoms with Gasteiger partial charge in [0.2, 0.25) is 11.8 Å². The molecule has 2 rings (SSSR count). The summed E-state index contributed by atoms with van der Waals surface area (Å²) < 4.78 is 0. The monoisotopic (exact) mass is 238 g/mol. The van der Waals surface area contributed by atoms with Crippen molar-refractivity contribution < 1.29 is 9.59 Å². The second-order valence-corrected chi connectivity index (χ2v) is 5.10. The molecule has 0 radical (unpaired) electrons. The van der Waals surface area contributed by atoms with Crippen LogP contribution in [0.5, 0.6) is 0 Å². The first kappa shape index (κ1) is 12.4. The van der Waals surface area contributed by atoms with Crippen LogP contribution < -0.4 is 5.32 Å². The molecule has 2 atom stereocenters. The van der Waals surface area contributed by atoms with Gasteiger partial charge in [-0.05, 0) is 32.1 Å². The SMILES string of the molecule is CCCC1NC(=O)C(CC)N(C2CCC2)C1=O. The van der Waals surface area contributed by atoms with E-state index in [1.54, 1.807) is 0 Å². The Morgan fingerprint density at radius 3 is 2.47 bits per heavy atom. The van der Waals surface area contributed by atoms with Crippen LogP contribution in [0.1, 0.15) is 52.4 Å². The Labute approximate surface area is 103 Å². The van der Waals surface area contributed by atoms with Crippen molar-refractivity contribution >= 4 is 11.8 Å². The molecule has 1 aliphatic carbocycles. The third-order valence-electron chi connectivity index (χ3n) is 3.94. The van der Waals surface area contributed by atoms with Crippen LogP contribution in [0.15, 0.2) is 0 Å². The van der Waals surface area contributed by atoms with Gasteiger partial charge in [-0.25, -0.2) is 0 Å². The van der Waals surface area contributed by atoms with Gasteiger partial charge in [0.1, 0.15) is 12.1 Å². The van der Waals surface area contributed by atoms with Crippen molar-refractivity contribution in [2.45, 2.75) is 70.5 Å². The summed E-state index contributed by atoms with van der Waals surface area (Å²) in [5.41, 5.74) is 0. The standard InChI is InChI=1S/C13H22N2O2/c1-3-6-10-13(17)15(9-7-5-8-9)11(4-2)12(16)14-10/h9-11H,3-8H2,1-2H3,(H,14,16). The van der Waals surface area contributed by atoms with Gasteiger partial charge in [-0.3, -0.25) is 9.59 Å². The maximum absolute atomic E-state index is 12.4. The highest BCUT2D eigenvalue weighted by Crippen LogP contribution is 2.30. The molecule has 0 bridgehead atoms. The molecule has 1 heterocycles. The lowest BCUT2D eigenvalue weighted by Gasteiger charge is -2.46. The summed E-state index contributed by atoms with van der Waals surface area (Å²) in [4.78, 5) is 26.3. The van der Waals surface area contributed by atoms with E-state index in [0.29, 0.717) is 12.5 Å². The average Bonchev–Trinajstić information content (AvgIpc) is 2.23. The van der Waals surface area contributed by atoms with Gasteiger partial charge in [0, 0.05) is 6.04 Å². The van der Waals surface area contributed by atoms with Crippen molar-refractivity contribution in [3.8, 4) is 0 Å². The fourth-order valence-corrected chi connectivity index (χ4v) is 2.76.